The van der Waals surface area contributed by atoms with E-state index in [4.69, 9.17) is 11.6 Å². The molecule has 1 fully saturated rings. The van der Waals surface area contributed by atoms with Crippen molar-refractivity contribution >= 4 is 33.2 Å². The molecule has 1 aromatic heterocycles. The van der Waals surface area contributed by atoms with Crippen LogP contribution < -0.4 is 5.32 Å². The van der Waals surface area contributed by atoms with E-state index in [1.54, 1.807) is 12.3 Å². The minimum absolute atomic E-state index is 0.113. The van der Waals surface area contributed by atoms with Crippen molar-refractivity contribution in [3.8, 4) is 0 Å². The topological polar surface area (TPSA) is 24.9 Å². The quantitative estimate of drug-likeness (QED) is 0.784. The second kappa shape index (κ2) is 5.70. The van der Waals surface area contributed by atoms with Gasteiger partial charge in [0.15, 0.2) is 5.15 Å². The van der Waals surface area contributed by atoms with Gasteiger partial charge in [-0.3, -0.25) is 0 Å². The van der Waals surface area contributed by atoms with Crippen molar-refractivity contribution in [3.05, 3.63) is 57.5 Å². The van der Waals surface area contributed by atoms with Gasteiger partial charge in [-0.05, 0) is 52.4 Å². The van der Waals surface area contributed by atoms with Crippen molar-refractivity contribution < 1.29 is 4.39 Å². The molecule has 0 atom stereocenters. The lowest BCUT2D eigenvalue weighted by atomic mass is 9.75. The van der Waals surface area contributed by atoms with E-state index in [1.165, 1.54) is 6.07 Å². The van der Waals surface area contributed by atoms with Gasteiger partial charge in [-0.2, -0.15) is 0 Å². The van der Waals surface area contributed by atoms with Crippen LogP contribution >= 0.6 is 27.5 Å². The molecule has 3 rings (SSSR count). The number of benzene rings is 1. The second-order valence-corrected chi connectivity index (χ2v) is 6.30. The maximum absolute atomic E-state index is 13.7. The number of pyridine rings is 1. The molecule has 0 saturated heterocycles. The van der Waals surface area contributed by atoms with Crippen LogP contribution in [0.5, 0.6) is 0 Å². The summed E-state index contributed by atoms with van der Waals surface area (Å²) in [7, 11) is 0. The molecule has 0 unspecified atom stereocenters. The zero-order valence-corrected chi connectivity index (χ0v) is 13.0. The number of hydrogen-bond donors (Lipinski definition) is 1. The van der Waals surface area contributed by atoms with E-state index in [0.717, 1.165) is 28.6 Å². The van der Waals surface area contributed by atoms with Crippen molar-refractivity contribution in [2.24, 2.45) is 0 Å². The summed E-state index contributed by atoms with van der Waals surface area (Å²) in [5, 5.41) is 3.82. The van der Waals surface area contributed by atoms with Gasteiger partial charge in [-0.15, -0.1) is 0 Å². The summed E-state index contributed by atoms with van der Waals surface area (Å²) in [5.74, 6) is 0.172. The fraction of sp³-hybridized carbons (Fsp3) is 0.267. The zero-order chi connectivity index (χ0) is 14.1. The number of nitrogens with one attached hydrogen (secondary N) is 1. The molecule has 0 bridgehead atoms. The van der Waals surface area contributed by atoms with Crippen molar-refractivity contribution in [2.45, 2.75) is 24.8 Å². The summed E-state index contributed by atoms with van der Waals surface area (Å²) in [5.41, 5.74) is 1.63. The lowest BCUT2D eigenvalue weighted by Crippen LogP contribution is -2.34. The van der Waals surface area contributed by atoms with Crippen LogP contribution in [-0.2, 0) is 0 Å². The number of hydrogen-bond acceptors (Lipinski definition) is 2. The van der Waals surface area contributed by atoms with Crippen molar-refractivity contribution in [2.75, 3.05) is 5.32 Å². The maximum atomic E-state index is 13.7. The smallest absolute Gasteiger partial charge is 0.152 e. The largest absolute Gasteiger partial charge is 0.380 e. The summed E-state index contributed by atoms with van der Waals surface area (Å²) < 4.78 is 14.6. The van der Waals surface area contributed by atoms with Gasteiger partial charge in [-0.25, -0.2) is 9.37 Å². The summed E-state index contributed by atoms with van der Waals surface area (Å²) >= 11 is 9.42. The van der Waals surface area contributed by atoms with E-state index in [1.807, 2.05) is 18.2 Å². The Morgan fingerprint density at radius 3 is 2.80 bits per heavy atom. The van der Waals surface area contributed by atoms with Gasteiger partial charge in [0.05, 0.1) is 5.69 Å². The lowest BCUT2D eigenvalue weighted by Gasteiger charge is -2.37. The Morgan fingerprint density at radius 2 is 2.05 bits per heavy atom. The van der Waals surface area contributed by atoms with Gasteiger partial charge in [-0.1, -0.05) is 29.8 Å². The standard InChI is InChI=1S/C15H13BrClFN2/c16-10-7-14(15(17)19-8-10)20-11-5-9(6-11)12-3-1-2-4-13(12)18/h1-4,7-9,11,20H,5-6H2. The molecule has 0 amide bonds. The lowest BCUT2D eigenvalue weighted by molar-refractivity contribution is 0.363. The SMILES string of the molecule is Fc1ccccc1C1CC(Nc2cc(Br)cnc2Cl)C1. The summed E-state index contributed by atoms with van der Waals surface area (Å²) in [6, 6.07) is 9.21. The van der Waals surface area contributed by atoms with E-state index in [-0.39, 0.29) is 11.7 Å². The molecule has 0 spiro atoms. The highest BCUT2D eigenvalue weighted by Crippen LogP contribution is 2.40. The average molecular weight is 356 g/mol. The third-order valence-electron chi connectivity index (χ3n) is 3.65. The van der Waals surface area contributed by atoms with Crippen LogP contribution in [0.4, 0.5) is 10.1 Å². The number of nitrogens with zero attached hydrogens (tertiary/aromatic N) is 1. The van der Waals surface area contributed by atoms with Gasteiger partial charge in [0.2, 0.25) is 0 Å². The Morgan fingerprint density at radius 1 is 1.30 bits per heavy atom. The van der Waals surface area contributed by atoms with Crippen LogP contribution in [0, 0.1) is 5.82 Å². The summed E-state index contributed by atoms with van der Waals surface area (Å²) in [6.45, 7) is 0. The molecule has 104 valence electrons. The highest BCUT2D eigenvalue weighted by molar-refractivity contribution is 9.10. The van der Waals surface area contributed by atoms with Crippen molar-refractivity contribution in [3.63, 3.8) is 0 Å². The predicted octanol–water partition coefficient (Wildman–Crippen LogP) is 4.99. The van der Waals surface area contributed by atoms with Gasteiger partial charge < -0.3 is 5.32 Å². The van der Waals surface area contributed by atoms with E-state index in [9.17, 15) is 4.39 Å². The first-order valence-corrected chi connectivity index (χ1v) is 7.62. The Balaban J connectivity index is 1.64. The predicted molar refractivity (Wildman–Crippen MR) is 82.7 cm³/mol. The Hall–Kier alpha value is -1.13. The van der Waals surface area contributed by atoms with E-state index >= 15 is 0 Å². The van der Waals surface area contributed by atoms with E-state index in [0.29, 0.717) is 11.2 Å². The molecule has 1 aromatic carbocycles. The van der Waals surface area contributed by atoms with Crippen LogP contribution in [0.15, 0.2) is 41.0 Å². The third-order valence-corrected chi connectivity index (χ3v) is 4.38. The van der Waals surface area contributed by atoms with Crippen LogP contribution in [0.3, 0.4) is 0 Å². The summed E-state index contributed by atoms with van der Waals surface area (Å²) in [6.07, 6.45) is 3.48. The first kappa shape index (κ1) is 13.8. The first-order chi connectivity index (χ1) is 9.63. The number of anilines is 1. The minimum atomic E-state index is -0.113. The molecule has 2 nitrogen and oxygen atoms in total. The highest BCUT2D eigenvalue weighted by atomic mass is 79.9. The molecule has 1 N–H and O–H groups in total. The van der Waals surface area contributed by atoms with Crippen molar-refractivity contribution in [1.29, 1.82) is 0 Å². The van der Waals surface area contributed by atoms with Gasteiger partial charge >= 0.3 is 0 Å². The molecule has 0 radical (unpaired) electrons. The molecule has 1 heterocycles. The molecule has 1 aliphatic rings. The zero-order valence-electron chi connectivity index (χ0n) is 10.6. The second-order valence-electron chi connectivity index (χ2n) is 5.02. The minimum Gasteiger partial charge on any atom is -0.380 e. The first-order valence-electron chi connectivity index (χ1n) is 6.45. The maximum Gasteiger partial charge on any atom is 0.152 e. The molecule has 5 heteroatoms. The number of rotatable bonds is 3. The van der Waals surface area contributed by atoms with Gasteiger partial charge in [0.1, 0.15) is 5.82 Å². The molecule has 20 heavy (non-hydrogen) atoms. The van der Waals surface area contributed by atoms with Gasteiger partial charge in [0, 0.05) is 16.7 Å². The average Bonchev–Trinajstić information content (AvgIpc) is 2.38. The van der Waals surface area contributed by atoms with Crippen molar-refractivity contribution in [1.82, 2.24) is 4.98 Å². The normalized spacial score (nSPS) is 21.4. The van der Waals surface area contributed by atoms with Crippen LogP contribution in [-0.4, -0.2) is 11.0 Å². The fourth-order valence-electron chi connectivity index (χ4n) is 2.54. The molecular formula is C15H13BrClFN2. The Bertz CT molecular complexity index is 629. The number of halogens is 3. The Kier molecular flexibility index (Phi) is 3.94. The van der Waals surface area contributed by atoms with Crippen LogP contribution in [0.2, 0.25) is 5.15 Å². The van der Waals surface area contributed by atoms with E-state index < -0.39 is 0 Å². The fourth-order valence-corrected chi connectivity index (χ4v) is 3.03. The van der Waals surface area contributed by atoms with Crippen LogP contribution in [0.1, 0.15) is 24.3 Å². The molecule has 1 saturated carbocycles. The van der Waals surface area contributed by atoms with E-state index in [2.05, 4.69) is 26.2 Å². The number of aromatic nitrogens is 1. The molecule has 2 aromatic rings. The molecule has 1 aliphatic carbocycles. The van der Waals surface area contributed by atoms with Gasteiger partial charge in [0.25, 0.3) is 0 Å². The monoisotopic (exact) mass is 354 g/mol. The molecule has 0 aliphatic heterocycles. The highest BCUT2D eigenvalue weighted by Gasteiger charge is 2.32. The molecular weight excluding hydrogens is 343 g/mol. The summed E-state index contributed by atoms with van der Waals surface area (Å²) in [4.78, 5) is 4.08. The Labute approximate surface area is 130 Å². The van der Waals surface area contributed by atoms with Crippen LogP contribution in [0.25, 0.3) is 0 Å². The third kappa shape index (κ3) is 2.81.